The monoisotopic (exact) mass is 359 g/mol. The summed E-state index contributed by atoms with van der Waals surface area (Å²) in [5.74, 6) is 0. The van der Waals surface area contributed by atoms with E-state index in [2.05, 4.69) is 6.92 Å². The normalized spacial score (nSPS) is 11.9. The summed E-state index contributed by atoms with van der Waals surface area (Å²) in [6.45, 7) is 2.22. The Hall–Kier alpha value is 2.26. The first-order valence-electron chi connectivity index (χ1n) is 6.38. The van der Waals surface area contributed by atoms with Crippen molar-refractivity contribution in [2.45, 2.75) is 45.4 Å². The van der Waals surface area contributed by atoms with Gasteiger partial charge in [0.05, 0.1) is 0 Å². The van der Waals surface area contributed by atoms with Crippen LogP contribution in [-0.4, -0.2) is 24.0 Å². The van der Waals surface area contributed by atoms with E-state index in [1.54, 1.807) is 0 Å². The van der Waals surface area contributed by atoms with Crippen LogP contribution in [-0.2, 0) is 9.13 Å². The molecule has 11 heteroatoms. The van der Waals surface area contributed by atoms with Crippen LogP contribution in [0.1, 0.15) is 45.4 Å². The van der Waals surface area contributed by atoms with E-state index in [1.165, 1.54) is 0 Å². The number of hydrogen-bond donors (Lipinski definition) is 0. The summed E-state index contributed by atoms with van der Waals surface area (Å²) >= 11 is 0. The molecular formula is C10H21NNa2O6P2-2. The fraction of sp³-hybridized carbons (Fsp3) is 1.00. The summed E-state index contributed by atoms with van der Waals surface area (Å²) in [7, 11) is -9.69. The van der Waals surface area contributed by atoms with E-state index in [0.717, 1.165) is 37.0 Å². The van der Waals surface area contributed by atoms with E-state index < -0.39 is 27.8 Å². The molecule has 116 valence electrons. The maximum atomic E-state index is 10.6. The number of unbranched alkanes of at least 4 members (excludes halogenated alkanes) is 5. The second kappa shape index (κ2) is 14.6. The van der Waals surface area contributed by atoms with Gasteiger partial charge in [-0.3, -0.25) is 4.90 Å². The molecule has 0 heterocycles. The Morgan fingerprint density at radius 2 is 1.14 bits per heavy atom. The van der Waals surface area contributed by atoms with Crippen LogP contribution < -0.4 is 78.7 Å². The number of nitrogens with zero attached hydrogens (tertiary/aromatic N) is 1. The zero-order valence-corrected chi connectivity index (χ0v) is 18.9. The van der Waals surface area contributed by atoms with Gasteiger partial charge in [0.1, 0.15) is 0 Å². The molecule has 0 atom stereocenters. The van der Waals surface area contributed by atoms with E-state index in [1.807, 2.05) is 0 Å². The third kappa shape index (κ3) is 22.3. The molecule has 0 spiro atoms. The predicted molar refractivity (Wildman–Crippen MR) is 65.0 cm³/mol. The molecule has 0 aromatic rings. The second-order valence-corrected chi connectivity index (χ2v) is 7.68. The molecule has 0 saturated heterocycles. The largest absolute Gasteiger partial charge is 1.00 e. The van der Waals surface area contributed by atoms with Gasteiger partial charge in [0.15, 0.2) is 0 Å². The molecule has 0 aliphatic heterocycles. The van der Waals surface area contributed by atoms with Gasteiger partial charge in [-0.25, -0.2) is 0 Å². The van der Waals surface area contributed by atoms with E-state index >= 15 is 0 Å². The SMILES string of the molecule is CCCCCCCCN(CP(=O)([O-])[O-])CP(=O)([O-])[O-].[Na+].[Na+]. The molecule has 0 aliphatic carbocycles. The van der Waals surface area contributed by atoms with Crippen LogP contribution >= 0.6 is 15.2 Å². The molecule has 0 rings (SSSR count). The zero-order valence-electron chi connectivity index (χ0n) is 13.2. The minimum atomic E-state index is -4.85. The van der Waals surface area contributed by atoms with Crippen molar-refractivity contribution in [2.24, 2.45) is 0 Å². The fourth-order valence-corrected chi connectivity index (χ4v) is 3.41. The first kappa shape index (κ1) is 28.1. The minimum Gasteiger partial charge on any atom is -0.810 e. The van der Waals surface area contributed by atoms with Crippen LogP contribution in [0.15, 0.2) is 0 Å². The third-order valence-electron chi connectivity index (χ3n) is 2.57. The van der Waals surface area contributed by atoms with Crippen molar-refractivity contribution in [3.63, 3.8) is 0 Å². The summed E-state index contributed by atoms with van der Waals surface area (Å²) in [4.78, 5) is 43.5. The van der Waals surface area contributed by atoms with Gasteiger partial charge >= 0.3 is 59.1 Å². The first-order valence-corrected chi connectivity index (χ1v) is 9.84. The summed E-state index contributed by atoms with van der Waals surface area (Å²) in [5, 5.41) is 0. The topological polar surface area (TPSA) is 130 Å². The molecule has 7 nitrogen and oxygen atoms in total. The maximum Gasteiger partial charge on any atom is 1.00 e. The Morgan fingerprint density at radius 3 is 1.52 bits per heavy atom. The summed E-state index contributed by atoms with van der Waals surface area (Å²) in [6, 6.07) is 0. The predicted octanol–water partition coefficient (Wildman–Crippen LogP) is -6.60. The van der Waals surface area contributed by atoms with Crippen molar-refractivity contribution >= 4 is 15.2 Å². The van der Waals surface area contributed by atoms with Crippen molar-refractivity contribution in [3.05, 3.63) is 0 Å². The van der Waals surface area contributed by atoms with Gasteiger partial charge in [0.2, 0.25) is 0 Å². The molecule has 0 aromatic carbocycles. The molecule has 0 N–H and O–H groups in total. The van der Waals surface area contributed by atoms with Crippen molar-refractivity contribution in [1.29, 1.82) is 0 Å². The average molecular weight is 359 g/mol. The van der Waals surface area contributed by atoms with Gasteiger partial charge in [-0.2, -0.15) is 0 Å². The van der Waals surface area contributed by atoms with Crippen LogP contribution in [0, 0.1) is 0 Å². The van der Waals surface area contributed by atoms with Crippen molar-refractivity contribution in [3.8, 4) is 0 Å². The molecule has 0 unspecified atom stereocenters. The van der Waals surface area contributed by atoms with Crippen LogP contribution in [0.4, 0.5) is 0 Å². The van der Waals surface area contributed by atoms with Gasteiger partial charge < -0.3 is 28.7 Å². The Labute approximate surface area is 171 Å². The molecule has 0 aliphatic rings. The van der Waals surface area contributed by atoms with Crippen LogP contribution in [0.3, 0.4) is 0 Å². The van der Waals surface area contributed by atoms with Crippen LogP contribution in [0.5, 0.6) is 0 Å². The zero-order chi connectivity index (χ0) is 14.9. The number of rotatable bonds is 11. The Balaban J connectivity index is -0.00000162. The summed E-state index contributed by atoms with van der Waals surface area (Å²) in [6.07, 6.45) is 3.85. The Kier molecular flexibility index (Phi) is 19.5. The van der Waals surface area contributed by atoms with Gasteiger partial charge in [-0.15, -0.1) is 0 Å². The van der Waals surface area contributed by atoms with Crippen molar-refractivity contribution in [2.75, 3.05) is 19.1 Å². The number of hydrogen-bond acceptors (Lipinski definition) is 7. The Bertz CT molecular complexity index is 312. The molecule has 0 radical (unpaired) electrons. The van der Waals surface area contributed by atoms with Crippen molar-refractivity contribution < 1.29 is 87.8 Å². The quantitative estimate of drug-likeness (QED) is 0.204. The van der Waals surface area contributed by atoms with E-state index in [9.17, 15) is 28.7 Å². The third-order valence-corrected chi connectivity index (χ3v) is 4.07. The molecule has 0 fully saturated rings. The average Bonchev–Trinajstić information content (AvgIpc) is 2.18. The first-order chi connectivity index (χ1) is 8.64. The Morgan fingerprint density at radius 1 is 0.762 bits per heavy atom. The summed E-state index contributed by atoms with van der Waals surface area (Å²) in [5.41, 5.74) is 0. The smallest absolute Gasteiger partial charge is 0.810 e. The standard InChI is InChI=1S/C10H25NO6P2.2Na/c1-2-3-4-5-6-7-8-11(9-18(12,13)14)10-19(15,16)17;;/h2-10H2,1H3,(H2,12,13,14)(H2,15,16,17);;/q;2*+1/p-4. The molecule has 0 aromatic heterocycles. The molecule has 0 amide bonds. The van der Waals surface area contributed by atoms with Crippen LogP contribution in [0.25, 0.3) is 0 Å². The molecule has 0 bridgehead atoms. The van der Waals surface area contributed by atoms with Gasteiger partial charge in [-0.05, 0) is 13.0 Å². The molecule has 21 heavy (non-hydrogen) atoms. The molecule has 0 saturated carbocycles. The summed E-state index contributed by atoms with van der Waals surface area (Å²) < 4.78 is 21.3. The van der Waals surface area contributed by atoms with E-state index in [4.69, 9.17) is 0 Å². The second-order valence-electron chi connectivity index (χ2n) is 4.67. The van der Waals surface area contributed by atoms with Crippen molar-refractivity contribution in [1.82, 2.24) is 4.90 Å². The van der Waals surface area contributed by atoms with Gasteiger partial charge in [-0.1, -0.05) is 54.2 Å². The van der Waals surface area contributed by atoms with E-state index in [-0.39, 0.29) is 65.7 Å². The van der Waals surface area contributed by atoms with Gasteiger partial charge in [0, 0.05) is 12.6 Å². The minimum absolute atomic E-state index is 0. The van der Waals surface area contributed by atoms with Crippen LogP contribution in [0.2, 0.25) is 0 Å². The van der Waals surface area contributed by atoms with Gasteiger partial charge in [0.25, 0.3) is 0 Å². The fourth-order valence-electron chi connectivity index (χ4n) is 1.79. The maximum absolute atomic E-state index is 10.6. The van der Waals surface area contributed by atoms with E-state index in [0.29, 0.717) is 6.42 Å². The molecular weight excluding hydrogens is 338 g/mol.